The molecular weight excluding hydrogens is 363 g/mol. The molecule has 5 nitrogen and oxygen atoms in total. The Morgan fingerprint density at radius 3 is 2.72 bits per heavy atom. The van der Waals surface area contributed by atoms with Gasteiger partial charge in [-0.1, -0.05) is 12.1 Å². The van der Waals surface area contributed by atoms with Crippen molar-refractivity contribution in [3.05, 3.63) is 36.1 Å². The zero-order chi connectivity index (χ0) is 17.9. The summed E-state index contributed by atoms with van der Waals surface area (Å²) in [4.78, 5) is 2.80. The van der Waals surface area contributed by atoms with Gasteiger partial charge in [0.15, 0.2) is 11.6 Å². The summed E-state index contributed by atoms with van der Waals surface area (Å²) in [5.74, 6) is -0.350. The predicted molar refractivity (Wildman–Crippen MR) is 97.1 cm³/mol. The van der Waals surface area contributed by atoms with Crippen LogP contribution in [0.1, 0.15) is 12.8 Å². The van der Waals surface area contributed by atoms with Crippen LogP contribution in [0.4, 0.5) is 4.39 Å². The number of nitrogens with zero attached hydrogens (tertiary/aromatic N) is 1. The summed E-state index contributed by atoms with van der Waals surface area (Å²) >= 11 is 1.05. The summed E-state index contributed by atoms with van der Waals surface area (Å²) in [5.41, 5.74) is 0.336. The van der Waals surface area contributed by atoms with Gasteiger partial charge in [-0.2, -0.15) is 0 Å². The summed E-state index contributed by atoms with van der Waals surface area (Å²) in [5, 5.41) is 0. The lowest BCUT2D eigenvalue weighted by atomic mass is 10.1. The highest BCUT2D eigenvalue weighted by molar-refractivity contribution is 7.91. The molecule has 0 amide bonds. The molecule has 1 aliphatic heterocycles. The zero-order valence-electron chi connectivity index (χ0n) is 14.0. The fraction of sp³-hybridized carbons (Fsp3) is 0.412. The second-order valence-electron chi connectivity index (χ2n) is 5.89. The number of hydrogen-bond acceptors (Lipinski definition) is 5. The van der Waals surface area contributed by atoms with E-state index in [1.165, 1.54) is 32.1 Å². The number of likely N-dealkylation sites (tertiary alicyclic amines) is 1. The first-order chi connectivity index (χ1) is 12.0. The van der Waals surface area contributed by atoms with E-state index < -0.39 is 15.8 Å². The molecule has 2 heterocycles. The van der Waals surface area contributed by atoms with E-state index >= 15 is 0 Å². The number of nitrogens with one attached hydrogen (secondary N) is 1. The summed E-state index contributed by atoms with van der Waals surface area (Å²) in [7, 11) is -2.18. The van der Waals surface area contributed by atoms with Crippen LogP contribution in [-0.4, -0.2) is 46.6 Å². The third kappa shape index (κ3) is 4.20. The van der Waals surface area contributed by atoms with Crippen molar-refractivity contribution in [2.45, 2.75) is 17.1 Å². The Balaban J connectivity index is 1.71. The molecule has 0 atom stereocenters. The minimum Gasteiger partial charge on any atom is -0.494 e. The second kappa shape index (κ2) is 7.82. The van der Waals surface area contributed by atoms with Crippen LogP contribution in [0.15, 0.2) is 34.5 Å². The minimum atomic E-state index is -3.58. The molecule has 0 radical (unpaired) electrons. The van der Waals surface area contributed by atoms with Gasteiger partial charge in [0.2, 0.25) is 10.0 Å². The Kier molecular flexibility index (Phi) is 5.73. The highest BCUT2D eigenvalue weighted by Crippen LogP contribution is 2.35. The highest BCUT2D eigenvalue weighted by Gasteiger charge is 2.20. The molecule has 1 aromatic heterocycles. The maximum atomic E-state index is 14.4. The first kappa shape index (κ1) is 18.3. The average Bonchev–Trinajstić information content (AvgIpc) is 3.27. The summed E-state index contributed by atoms with van der Waals surface area (Å²) < 4.78 is 47.0. The molecule has 3 rings (SSSR count). The van der Waals surface area contributed by atoms with Gasteiger partial charge >= 0.3 is 0 Å². The van der Waals surface area contributed by atoms with Gasteiger partial charge in [-0.3, -0.25) is 0 Å². The van der Waals surface area contributed by atoms with Crippen LogP contribution >= 0.6 is 11.3 Å². The lowest BCUT2D eigenvalue weighted by Gasteiger charge is -2.14. The molecule has 0 saturated carbocycles. The molecule has 2 aromatic rings. The molecule has 1 fully saturated rings. The Morgan fingerprint density at radius 2 is 2.00 bits per heavy atom. The average molecular weight is 384 g/mol. The smallest absolute Gasteiger partial charge is 0.250 e. The van der Waals surface area contributed by atoms with E-state index in [-0.39, 0.29) is 9.96 Å². The van der Waals surface area contributed by atoms with Crippen molar-refractivity contribution in [3.8, 4) is 16.2 Å². The van der Waals surface area contributed by atoms with E-state index in [9.17, 15) is 12.8 Å². The minimum absolute atomic E-state index is 0.138. The first-order valence-electron chi connectivity index (χ1n) is 8.16. The molecule has 1 saturated heterocycles. The number of methoxy groups -OCH3 is 1. The van der Waals surface area contributed by atoms with Gasteiger partial charge < -0.3 is 9.64 Å². The highest BCUT2D eigenvalue weighted by atomic mass is 32.2. The van der Waals surface area contributed by atoms with Gasteiger partial charge in [-0.15, -0.1) is 11.3 Å². The number of ether oxygens (including phenoxy) is 1. The van der Waals surface area contributed by atoms with Crippen LogP contribution in [0.2, 0.25) is 0 Å². The van der Waals surface area contributed by atoms with Crippen molar-refractivity contribution < 1.29 is 17.5 Å². The van der Waals surface area contributed by atoms with Gasteiger partial charge in [-0.25, -0.2) is 17.5 Å². The number of halogens is 1. The standard InChI is InChI=1S/C17H21FN2O3S2/c1-23-14-6-4-5-13(17(14)18)15-7-8-16(24-15)25(21,22)19-9-12-20-10-2-3-11-20/h4-8,19H,2-3,9-12H2,1H3. The van der Waals surface area contributed by atoms with Crippen LogP contribution < -0.4 is 9.46 Å². The first-order valence-corrected chi connectivity index (χ1v) is 10.5. The zero-order valence-corrected chi connectivity index (χ0v) is 15.6. The van der Waals surface area contributed by atoms with Crippen molar-refractivity contribution >= 4 is 21.4 Å². The SMILES string of the molecule is COc1cccc(-c2ccc(S(=O)(=O)NCCN3CCCC3)s2)c1F. The molecule has 136 valence electrons. The number of thiophene rings is 1. The Bertz CT molecular complexity index is 830. The molecule has 1 aromatic carbocycles. The molecule has 0 unspecified atom stereocenters. The second-order valence-corrected chi connectivity index (χ2v) is 8.96. The van der Waals surface area contributed by atoms with Gasteiger partial charge in [0.25, 0.3) is 0 Å². The van der Waals surface area contributed by atoms with Crippen molar-refractivity contribution in [2.24, 2.45) is 0 Å². The van der Waals surface area contributed by atoms with Gasteiger partial charge in [0.05, 0.1) is 7.11 Å². The Hall–Kier alpha value is -1.48. The lowest BCUT2D eigenvalue weighted by Crippen LogP contribution is -2.33. The summed E-state index contributed by atoms with van der Waals surface area (Å²) in [6.45, 7) is 3.14. The molecule has 1 N–H and O–H groups in total. The monoisotopic (exact) mass is 384 g/mol. The molecule has 8 heteroatoms. The Morgan fingerprint density at radius 1 is 1.24 bits per heavy atom. The van der Waals surface area contributed by atoms with Gasteiger partial charge in [0.1, 0.15) is 4.21 Å². The van der Waals surface area contributed by atoms with Crippen molar-refractivity contribution in [1.29, 1.82) is 0 Å². The normalized spacial score (nSPS) is 15.6. The van der Waals surface area contributed by atoms with E-state index in [0.717, 1.165) is 24.4 Å². The van der Waals surface area contributed by atoms with Crippen molar-refractivity contribution in [1.82, 2.24) is 9.62 Å². The lowest BCUT2D eigenvalue weighted by molar-refractivity contribution is 0.344. The fourth-order valence-corrected chi connectivity index (χ4v) is 5.27. The van der Waals surface area contributed by atoms with Gasteiger partial charge in [-0.05, 0) is 44.1 Å². The van der Waals surface area contributed by atoms with Crippen LogP contribution in [0, 0.1) is 5.82 Å². The van der Waals surface area contributed by atoms with E-state index in [0.29, 0.717) is 23.5 Å². The number of sulfonamides is 1. The van der Waals surface area contributed by atoms with Crippen LogP contribution in [0.3, 0.4) is 0 Å². The van der Waals surface area contributed by atoms with Crippen molar-refractivity contribution in [2.75, 3.05) is 33.3 Å². The predicted octanol–water partition coefficient (Wildman–Crippen LogP) is 2.94. The van der Waals surface area contributed by atoms with Crippen molar-refractivity contribution in [3.63, 3.8) is 0 Å². The summed E-state index contributed by atoms with van der Waals surface area (Å²) in [6.07, 6.45) is 2.35. The molecule has 1 aliphatic rings. The quantitative estimate of drug-likeness (QED) is 0.797. The molecule has 25 heavy (non-hydrogen) atoms. The fourth-order valence-electron chi connectivity index (χ4n) is 2.88. The molecular formula is C17H21FN2O3S2. The van der Waals surface area contributed by atoms with E-state index in [1.54, 1.807) is 18.2 Å². The number of hydrogen-bond donors (Lipinski definition) is 1. The van der Waals surface area contributed by atoms with E-state index in [2.05, 4.69) is 9.62 Å². The van der Waals surface area contributed by atoms with E-state index in [1.807, 2.05) is 0 Å². The third-order valence-corrected chi connectivity index (χ3v) is 7.29. The van der Waals surface area contributed by atoms with Crippen LogP contribution in [-0.2, 0) is 10.0 Å². The largest absolute Gasteiger partial charge is 0.494 e. The molecule has 0 spiro atoms. The third-order valence-electron chi connectivity index (χ3n) is 4.21. The molecule has 0 aliphatic carbocycles. The van der Waals surface area contributed by atoms with Crippen LogP contribution in [0.5, 0.6) is 5.75 Å². The van der Waals surface area contributed by atoms with E-state index in [4.69, 9.17) is 4.74 Å². The maximum Gasteiger partial charge on any atom is 0.250 e. The van der Waals surface area contributed by atoms with Gasteiger partial charge in [0, 0.05) is 23.5 Å². The maximum absolute atomic E-state index is 14.4. The number of benzene rings is 1. The topological polar surface area (TPSA) is 58.6 Å². The number of rotatable bonds is 7. The van der Waals surface area contributed by atoms with Crippen LogP contribution in [0.25, 0.3) is 10.4 Å². The summed E-state index contributed by atoms with van der Waals surface area (Å²) in [6, 6.07) is 7.96. The Labute approximate surface area is 151 Å². The molecule has 0 bridgehead atoms.